The Kier molecular flexibility index (Phi) is 8.58. The summed E-state index contributed by atoms with van der Waals surface area (Å²) >= 11 is 0. The molecule has 3 rings (SSSR count). The summed E-state index contributed by atoms with van der Waals surface area (Å²) in [6, 6.07) is 16.8. The van der Waals surface area contributed by atoms with Gasteiger partial charge in [0.15, 0.2) is 0 Å². The summed E-state index contributed by atoms with van der Waals surface area (Å²) in [4.78, 5) is 5.11. The highest BCUT2D eigenvalue weighted by Crippen LogP contribution is 2.08. The minimum Gasteiger partial charge on any atom is -0.301 e. The smallest absolute Gasteiger partial charge is 0.240 e. The summed E-state index contributed by atoms with van der Waals surface area (Å²) in [7, 11) is -6.91. The van der Waals surface area contributed by atoms with Gasteiger partial charge in [0, 0.05) is 45.8 Å². The minimum atomic E-state index is -3.46. The molecule has 0 radical (unpaired) electrons. The summed E-state index contributed by atoms with van der Waals surface area (Å²) in [6.07, 6.45) is 0.739. The molecule has 1 heterocycles. The molecule has 1 aliphatic rings. The lowest BCUT2D eigenvalue weighted by Crippen LogP contribution is -2.48. The van der Waals surface area contributed by atoms with Crippen molar-refractivity contribution in [3.05, 3.63) is 60.7 Å². The van der Waals surface area contributed by atoms with Crippen LogP contribution in [0.2, 0.25) is 0 Å². The van der Waals surface area contributed by atoms with Crippen molar-refractivity contribution in [1.29, 1.82) is 0 Å². The van der Waals surface area contributed by atoms with Crippen molar-refractivity contribution in [2.45, 2.75) is 16.2 Å². The zero-order chi connectivity index (χ0) is 22.2. The molecule has 170 valence electrons. The van der Waals surface area contributed by atoms with E-state index in [4.69, 9.17) is 0 Å². The lowest BCUT2D eigenvalue weighted by Gasteiger charge is -2.34. The fourth-order valence-corrected chi connectivity index (χ4v) is 5.59. The Balaban J connectivity index is 1.30. The van der Waals surface area contributed by atoms with E-state index in [9.17, 15) is 16.8 Å². The van der Waals surface area contributed by atoms with E-state index < -0.39 is 20.0 Å². The van der Waals surface area contributed by atoms with Crippen molar-refractivity contribution in [2.75, 3.05) is 52.4 Å². The maximum absolute atomic E-state index is 12.2. The first-order valence-electron chi connectivity index (χ1n) is 10.4. The second-order valence-electron chi connectivity index (χ2n) is 7.46. The first-order chi connectivity index (χ1) is 14.9. The lowest BCUT2D eigenvalue weighted by atomic mass is 10.3. The monoisotopic (exact) mass is 466 g/mol. The first kappa shape index (κ1) is 23.8. The number of hydrogen-bond acceptors (Lipinski definition) is 6. The van der Waals surface area contributed by atoms with Crippen LogP contribution >= 0.6 is 0 Å². The molecule has 0 amide bonds. The number of benzene rings is 2. The van der Waals surface area contributed by atoms with Crippen molar-refractivity contribution < 1.29 is 16.8 Å². The minimum absolute atomic E-state index is 0.280. The predicted octanol–water partition coefficient (Wildman–Crippen LogP) is 0.951. The molecule has 0 aromatic heterocycles. The van der Waals surface area contributed by atoms with Gasteiger partial charge in [-0.2, -0.15) is 0 Å². The SMILES string of the molecule is O=S(=O)(NCCCN1CCN(CCNS(=O)(=O)c2ccccc2)CC1)c1ccccc1. The average molecular weight is 467 g/mol. The number of nitrogens with zero attached hydrogens (tertiary/aromatic N) is 2. The third kappa shape index (κ3) is 7.37. The largest absolute Gasteiger partial charge is 0.301 e. The van der Waals surface area contributed by atoms with Gasteiger partial charge < -0.3 is 4.90 Å². The van der Waals surface area contributed by atoms with E-state index in [-0.39, 0.29) is 9.79 Å². The van der Waals surface area contributed by atoms with E-state index in [1.807, 2.05) is 0 Å². The van der Waals surface area contributed by atoms with Gasteiger partial charge in [0.1, 0.15) is 0 Å². The molecule has 2 aromatic carbocycles. The average Bonchev–Trinajstić information content (AvgIpc) is 2.79. The molecular formula is C21H30N4O4S2. The Morgan fingerprint density at radius 3 is 1.52 bits per heavy atom. The molecule has 1 fully saturated rings. The normalized spacial score (nSPS) is 16.4. The van der Waals surface area contributed by atoms with Gasteiger partial charge in [-0.15, -0.1) is 0 Å². The van der Waals surface area contributed by atoms with Crippen LogP contribution in [0.3, 0.4) is 0 Å². The quantitative estimate of drug-likeness (QED) is 0.479. The highest BCUT2D eigenvalue weighted by molar-refractivity contribution is 7.89. The van der Waals surface area contributed by atoms with Gasteiger partial charge in [0.2, 0.25) is 20.0 Å². The van der Waals surface area contributed by atoms with E-state index in [1.165, 1.54) is 0 Å². The van der Waals surface area contributed by atoms with E-state index in [0.717, 1.165) is 39.1 Å². The fourth-order valence-electron chi connectivity index (χ4n) is 3.45. The van der Waals surface area contributed by atoms with Gasteiger partial charge in [0.25, 0.3) is 0 Å². The number of rotatable bonds is 11. The van der Waals surface area contributed by atoms with Gasteiger partial charge in [-0.25, -0.2) is 26.3 Å². The number of piperazine rings is 1. The molecule has 2 N–H and O–H groups in total. The highest BCUT2D eigenvalue weighted by Gasteiger charge is 2.18. The van der Waals surface area contributed by atoms with Gasteiger partial charge in [-0.1, -0.05) is 36.4 Å². The number of nitrogens with one attached hydrogen (secondary N) is 2. The van der Waals surface area contributed by atoms with E-state index in [0.29, 0.717) is 19.6 Å². The molecule has 2 aromatic rings. The third-order valence-electron chi connectivity index (χ3n) is 5.24. The molecule has 0 atom stereocenters. The van der Waals surface area contributed by atoms with Crippen LogP contribution in [0, 0.1) is 0 Å². The predicted molar refractivity (Wildman–Crippen MR) is 121 cm³/mol. The molecule has 10 heteroatoms. The zero-order valence-electron chi connectivity index (χ0n) is 17.5. The first-order valence-corrected chi connectivity index (χ1v) is 13.4. The van der Waals surface area contributed by atoms with E-state index in [1.54, 1.807) is 60.7 Å². The number of sulfonamides is 2. The van der Waals surface area contributed by atoms with Crippen LogP contribution in [0.5, 0.6) is 0 Å². The highest BCUT2D eigenvalue weighted by atomic mass is 32.2. The van der Waals surface area contributed by atoms with Crippen LogP contribution < -0.4 is 9.44 Å². The van der Waals surface area contributed by atoms with Crippen molar-refractivity contribution in [3.63, 3.8) is 0 Å². The Morgan fingerprint density at radius 2 is 1.03 bits per heavy atom. The fraction of sp³-hybridized carbons (Fsp3) is 0.429. The van der Waals surface area contributed by atoms with Crippen LogP contribution in [0.1, 0.15) is 6.42 Å². The topological polar surface area (TPSA) is 98.8 Å². The third-order valence-corrected chi connectivity index (χ3v) is 8.19. The molecular weight excluding hydrogens is 436 g/mol. The summed E-state index contributed by atoms with van der Waals surface area (Å²) in [5.41, 5.74) is 0. The molecule has 0 saturated carbocycles. The van der Waals surface area contributed by atoms with Crippen LogP contribution in [0.4, 0.5) is 0 Å². The molecule has 0 spiro atoms. The van der Waals surface area contributed by atoms with Crippen molar-refractivity contribution in [2.24, 2.45) is 0 Å². The van der Waals surface area contributed by atoms with Crippen molar-refractivity contribution in [1.82, 2.24) is 19.2 Å². The molecule has 1 saturated heterocycles. The maximum Gasteiger partial charge on any atom is 0.240 e. The van der Waals surface area contributed by atoms with E-state index >= 15 is 0 Å². The van der Waals surface area contributed by atoms with Crippen molar-refractivity contribution in [3.8, 4) is 0 Å². The molecule has 8 nitrogen and oxygen atoms in total. The summed E-state index contributed by atoms with van der Waals surface area (Å²) in [5, 5.41) is 0. The second kappa shape index (κ2) is 11.2. The van der Waals surface area contributed by atoms with Gasteiger partial charge in [-0.05, 0) is 37.2 Å². The summed E-state index contributed by atoms with van der Waals surface area (Å²) < 4.78 is 54.2. The molecule has 0 aliphatic carbocycles. The Hall–Kier alpha value is -1.82. The second-order valence-corrected chi connectivity index (χ2v) is 11.0. The molecule has 31 heavy (non-hydrogen) atoms. The van der Waals surface area contributed by atoms with Crippen LogP contribution in [0.15, 0.2) is 70.5 Å². The maximum atomic E-state index is 12.2. The number of hydrogen-bond donors (Lipinski definition) is 2. The van der Waals surface area contributed by atoms with E-state index in [2.05, 4.69) is 19.2 Å². The molecule has 0 bridgehead atoms. The summed E-state index contributed by atoms with van der Waals surface area (Å²) in [5.74, 6) is 0. The van der Waals surface area contributed by atoms with Crippen molar-refractivity contribution >= 4 is 20.0 Å². The Bertz CT molecular complexity index is 1010. The van der Waals surface area contributed by atoms with Crippen LogP contribution in [-0.4, -0.2) is 79.0 Å². The molecule has 0 unspecified atom stereocenters. The Morgan fingerprint density at radius 1 is 0.613 bits per heavy atom. The van der Waals surface area contributed by atoms with Crippen LogP contribution in [-0.2, 0) is 20.0 Å². The van der Waals surface area contributed by atoms with Gasteiger partial charge in [-0.3, -0.25) is 4.90 Å². The lowest BCUT2D eigenvalue weighted by molar-refractivity contribution is 0.133. The molecule has 1 aliphatic heterocycles. The zero-order valence-corrected chi connectivity index (χ0v) is 19.1. The Labute approximate surface area is 185 Å². The van der Waals surface area contributed by atoms with Gasteiger partial charge >= 0.3 is 0 Å². The standard InChI is InChI=1S/C21H30N4O4S2/c26-30(27,20-8-3-1-4-9-20)22-12-7-14-24-16-18-25(19-17-24)15-13-23-31(28,29)21-10-5-2-6-11-21/h1-6,8-11,22-23H,7,12-19H2. The van der Waals surface area contributed by atoms with Crippen LogP contribution in [0.25, 0.3) is 0 Å². The van der Waals surface area contributed by atoms with Gasteiger partial charge in [0.05, 0.1) is 9.79 Å². The summed E-state index contributed by atoms with van der Waals surface area (Å²) in [6.45, 7) is 5.76.